The molecule has 9 heteroatoms. The average molecular weight is 444 g/mol. The number of hydrogen-bond donors (Lipinski definition) is 1. The molecule has 2 N–H and O–H groups in total. The summed E-state index contributed by atoms with van der Waals surface area (Å²) in [7, 11) is 0. The molecule has 1 aliphatic rings. The molecular weight excluding hydrogens is 418 g/mol. The van der Waals surface area contributed by atoms with Gasteiger partial charge in [-0.2, -0.15) is 0 Å². The number of pyridine rings is 2. The van der Waals surface area contributed by atoms with Crippen molar-refractivity contribution in [2.24, 2.45) is 5.92 Å². The summed E-state index contributed by atoms with van der Waals surface area (Å²) in [5.41, 5.74) is 10.1. The molecule has 0 bridgehead atoms. The molecule has 0 spiro atoms. The molecule has 4 aromatic rings. The van der Waals surface area contributed by atoms with E-state index in [4.69, 9.17) is 10.5 Å². The molecule has 1 aliphatic heterocycles. The van der Waals surface area contributed by atoms with Crippen molar-refractivity contribution >= 4 is 23.3 Å². The van der Waals surface area contributed by atoms with Crippen molar-refractivity contribution in [2.45, 2.75) is 19.8 Å². The summed E-state index contributed by atoms with van der Waals surface area (Å²) in [6.07, 6.45) is 9.01. The minimum absolute atomic E-state index is 0.106. The van der Waals surface area contributed by atoms with Gasteiger partial charge in [0.05, 0.1) is 23.8 Å². The van der Waals surface area contributed by atoms with Crippen LogP contribution in [0.5, 0.6) is 0 Å². The van der Waals surface area contributed by atoms with Crippen molar-refractivity contribution in [1.82, 2.24) is 24.6 Å². The van der Waals surface area contributed by atoms with Gasteiger partial charge in [0.2, 0.25) is 0 Å². The van der Waals surface area contributed by atoms with E-state index in [9.17, 15) is 4.79 Å². The number of hydrogen-bond acceptors (Lipinski definition) is 8. The molecule has 4 aromatic heterocycles. The van der Waals surface area contributed by atoms with Gasteiger partial charge in [0, 0.05) is 49.0 Å². The highest BCUT2D eigenvalue weighted by molar-refractivity contribution is 5.84. The van der Waals surface area contributed by atoms with E-state index >= 15 is 0 Å². The molecule has 5 rings (SSSR count). The maximum absolute atomic E-state index is 12.1. The van der Waals surface area contributed by atoms with E-state index in [2.05, 4.69) is 25.0 Å². The largest absolute Gasteiger partial charge is 0.466 e. The van der Waals surface area contributed by atoms with Crippen LogP contribution in [0.4, 0.5) is 11.6 Å². The van der Waals surface area contributed by atoms with E-state index in [-0.39, 0.29) is 11.9 Å². The minimum atomic E-state index is -0.123. The second-order valence-electron chi connectivity index (χ2n) is 8.03. The molecule has 0 amide bonds. The maximum atomic E-state index is 12.1. The molecule has 1 saturated heterocycles. The summed E-state index contributed by atoms with van der Waals surface area (Å²) in [6, 6.07) is 9.63. The molecule has 5 heterocycles. The lowest BCUT2D eigenvalue weighted by atomic mass is 9.98. The summed E-state index contributed by atoms with van der Waals surface area (Å²) in [4.78, 5) is 27.9. The Kier molecular flexibility index (Phi) is 5.60. The number of nitrogen functional groups attached to an aromatic ring is 1. The second-order valence-corrected chi connectivity index (χ2v) is 8.03. The van der Waals surface area contributed by atoms with Crippen molar-refractivity contribution in [3.8, 4) is 22.4 Å². The van der Waals surface area contributed by atoms with Gasteiger partial charge in [-0.3, -0.25) is 9.78 Å². The van der Waals surface area contributed by atoms with Crippen molar-refractivity contribution in [3.63, 3.8) is 0 Å². The van der Waals surface area contributed by atoms with Gasteiger partial charge in [0.15, 0.2) is 11.5 Å². The number of carbonyl (C=O) groups is 1. The van der Waals surface area contributed by atoms with Crippen LogP contribution in [0.15, 0.2) is 55.1 Å². The first-order valence-corrected chi connectivity index (χ1v) is 11.1. The maximum Gasteiger partial charge on any atom is 0.310 e. The van der Waals surface area contributed by atoms with E-state index in [1.807, 2.05) is 49.6 Å². The minimum Gasteiger partial charge on any atom is -0.466 e. The second kappa shape index (κ2) is 8.85. The Labute approximate surface area is 191 Å². The van der Waals surface area contributed by atoms with Gasteiger partial charge >= 0.3 is 5.97 Å². The van der Waals surface area contributed by atoms with Crippen molar-refractivity contribution in [1.29, 1.82) is 0 Å². The number of aromatic nitrogens is 5. The third kappa shape index (κ3) is 4.09. The predicted molar refractivity (Wildman–Crippen MR) is 125 cm³/mol. The summed E-state index contributed by atoms with van der Waals surface area (Å²) in [5, 5.41) is 4.43. The molecule has 0 saturated carbocycles. The first-order chi connectivity index (χ1) is 16.1. The van der Waals surface area contributed by atoms with E-state index in [1.54, 1.807) is 16.9 Å². The van der Waals surface area contributed by atoms with Crippen molar-refractivity contribution in [2.75, 3.05) is 30.3 Å². The zero-order valence-electron chi connectivity index (χ0n) is 18.4. The van der Waals surface area contributed by atoms with Crippen LogP contribution < -0.4 is 10.6 Å². The van der Waals surface area contributed by atoms with E-state index in [0.29, 0.717) is 24.6 Å². The Balaban J connectivity index is 1.38. The van der Waals surface area contributed by atoms with Gasteiger partial charge in [-0.25, -0.2) is 14.5 Å². The van der Waals surface area contributed by atoms with Crippen LogP contribution >= 0.6 is 0 Å². The SMILES string of the molecule is CCOC(=O)C1CCCN(c2ccc(-c3cnc4c(-c5ccccn5)c(N)nn4c3)cn2)C1. The van der Waals surface area contributed by atoms with Gasteiger partial charge in [-0.15, -0.1) is 5.10 Å². The third-order valence-corrected chi connectivity index (χ3v) is 5.87. The molecule has 0 aliphatic carbocycles. The van der Waals surface area contributed by atoms with E-state index in [0.717, 1.165) is 47.6 Å². The quantitative estimate of drug-likeness (QED) is 0.468. The molecule has 9 nitrogen and oxygen atoms in total. The fourth-order valence-electron chi connectivity index (χ4n) is 4.24. The molecule has 0 aromatic carbocycles. The first kappa shape index (κ1) is 20.9. The first-order valence-electron chi connectivity index (χ1n) is 11.1. The smallest absolute Gasteiger partial charge is 0.310 e. The molecular formula is C24H25N7O2. The van der Waals surface area contributed by atoms with Gasteiger partial charge in [0.25, 0.3) is 0 Å². The van der Waals surface area contributed by atoms with Gasteiger partial charge < -0.3 is 15.4 Å². The van der Waals surface area contributed by atoms with Gasteiger partial charge in [0.1, 0.15) is 5.82 Å². The highest BCUT2D eigenvalue weighted by Gasteiger charge is 2.27. The number of piperidine rings is 1. The lowest BCUT2D eigenvalue weighted by Crippen LogP contribution is -2.39. The zero-order chi connectivity index (χ0) is 22.8. The summed E-state index contributed by atoms with van der Waals surface area (Å²) < 4.78 is 6.88. The number of rotatable bonds is 5. The standard InChI is InChI=1S/C24H25N7O2/c1-2-33-24(32)17-6-5-11-30(14-17)20-9-8-16(12-27-20)18-13-28-23-21(19-7-3-4-10-26-19)22(25)29-31(23)15-18/h3-4,7-10,12-13,15,17H,2,5-6,11,14H2,1H3,(H2,25,29). The number of fused-ring (bicyclic) bond motifs is 1. The van der Waals surface area contributed by atoms with Crippen LogP contribution in [0.1, 0.15) is 19.8 Å². The lowest BCUT2D eigenvalue weighted by molar-refractivity contribution is -0.148. The Hall–Kier alpha value is -4.01. The van der Waals surface area contributed by atoms with Gasteiger partial charge in [-0.1, -0.05) is 6.07 Å². The van der Waals surface area contributed by atoms with Crippen LogP contribution in [-0.2, 0) is 9.53 Å². The third-order valence-electron chi connectivity index (χ3n) is 5.87. The Morgan fingerprint density at radius 2 is 2.03 bits per heavy atom. The summed E-state index contributed by atoms with van der Waals surface area (Å²) in [6.45, 7) is 3.74. The Bertz CT molecular complexity index is 1270. The van der Waals surface area contributed by atoms with E-state index in [1.165, 1.54) is 0 Å². The molecule has 0 radical (unpaired) electrons. The van der Waals surface area contributed by atoms with Crippen LogP contribution in [0.2, 0.25) is 0 Å². The number of anilines is 2. The summed E-state index contributed by atoms with van der Waals surface area (Å²) >= 11 is 0. The zero-order valence-corrected chi connectivity index (χ0v) is 18.4. The number of nitrogens with two attached hydrogens (primary N) is 1. The van der Waals surface area contributed by atoms with Crippen LogP contribution in [0, 0.1) is 5.92 Å². The van der Waals surface area contributed by atoms with Crippen molar-refractivity contribution < 1.29 is 9.53 Å². The molecule has 1 unspecified atom stereocenters. The highest BCUT2D eigenvalue weighted by atomic mass is 16.5. The highest BCUT2D eigenvalue weighted by Crippen LogP contribution is 2.29. The molecule has 168 valence electrons. The monoisotopic (exact) mass is 443 g/mol. The van der Waals surface area contributed by atoms with Gasteiger partial charge in [-0.05, 0) is 44.0 Å². The number of carbonyl (C=O) groups excluding carboxylic acids is 1. The Morgan fingerprint density at radius 3 is 2.79 bits per heavy atom. The lowest BCUT2D eigenvalue weighted by Gasteiger charge is -2.32. The fraction of sp³-hybridized carbons (Fsp3) is 0.292. The average Bonchev–Trinajstić information content (AvgIpc) is 3.19. The fourth-order valence-corrected chi connectivity index (χ4v) is 4.24. The van der Waals surface area contributed by atoms with Crippen LogP contribution in [0.25, 0.3) is 28.0 Å². The Morgan fingerprint density at radius 1 is 1.15 bits per heavy atom. The van der Waals surface area contributed by atoms with Crippen molar-refractivity contribution in [3.05, 3.63) is 55.1 Å². The number of nitrogens with zero attached hydrogens (tertiary/aromatic N) is 6. The van der Waals surface area contributed by atoms with Crippen LogP contribution in [0.3, 0.4) is 0 Å². The molecule has 1 fully saturated rings. The predicted octanol–water partition coefficient (Wildman–Crippen LogP) is 3.22. The summed E-state index contributed by atoms with van der Waals surface area (Å²) in [5.74, 6) is 1.00. The number of ether oxygens (including phenoxy) is 1. The van der Waals surface area contributed by atoms with Crippen LogP contribution in [-0.4, -0.2) is 50.2 Å². The number of esters is 1. The topological polar surface area (TPSA) is 112 Å². The molecule has 33 heavy (non-hydrogen) atoms. The van der Waals surface area contributed by atoms with E-state index < -0.39 is 0 Å². The molecule has 1 atom stereocenters. The normalized spacial score (nSPS) is 16.2.